The lowest BCUT2D eigenvalue weighted by atomic mass is 10.1. The molecule has 0 aliphatic heterocycles. The highest BCUT2D eigenvalue weighted by atomic mass is 16.5. The molecule has 0 fully saturated rings. The summed E-state index contributed by atoms with van der Waals surface area (Å²) in [5.74, 6) is 0.179. The third-order valence-corrected chi connectivity index (χ3v) is 3.05. The first-order valence-corrected chi connectivity index (χ1v) is 7.41. The fourth-order valence-corrected chi connectivity index (χ4v) is 2.11. The largest absolute Gasteiger partial charge is 0.493 e. The topological polar surface area (TPSA) is 81.9 Å². The number of benzene rings is 1. The average molecular weight is 308 g/mol. The van der Waals surface area contributed by atoms with Crippen LogP contribution in [0.4, 0.5) is 0 Å². The number of primary amides is 1. The smallest absolute Gasteiger partial charge is 0.255 e. The molecule has 2 amide bonds. The number of methoxy groups -OCH3 is 1. The SMILES string of the molecule is CCCN(CCC)C(=O)c1ccc(OCC(N)=O)c(OC)c1. The number of ether oxygens (including phenoxy) is 2. The van der Waals surface area contributed by atoms with Crippen LogP contribution in [0.1, 0.15) is 37.0 Å². The van der Waals surface area contributed by atoms with Crippen molar-refractivity contribution >= 4 is 11.8 Å². The molecule has 0 unspecified atom stereocenters. The predicted octanol–water partition coefficient (Wildman–Crippen LogP) is 1.82. The maximum absolute atomic E-state index is 12.5. The van der Waals surface area contributed by atoms with Crippen molar-refractivity contribution in [2.24, 2.45) is 5.73 Å². The lowest BCUT2D eigenvalue weighted by molar-refractivity contribution is -0.119. The summed E-state index contributed by atoms with van der Waals surface area (Å²) in [6, 6.07) is 4.90. The molecule has 0 aliphatic rings. The minimum Gasteiger partial charge on any atom is -0.493 e. The van der Waals surface area contributed by atoms with Crippen molar-refractivity contribution in [1.82, 2.24) is 4.90 Å². The van der Waals surface area contributed by atoms with Gasteiger partial charge in [-0.2, -0.15) is 0 Å². The molecule has 0 aromatic heterocycles. The molecule has 122 valence electrons. The molecule has 0 spiro atoms. The maximum Gasteiger partial charge on any atom is 0.255 e. The van der Waals surface area contributed by atoms with E-state index in [-0.39, 0.29) is 12.5 Å². The standard InChI is InChI=1S/C16H24N2O4/c1-4-8-18(9-5-2)16(20)12-6-7-13(14(10-12)21-3)22-11-15(17)19/h6-7,10H,4-5,8-9,11H2,1-3H3,(H2,17,19). The van der Waals surface area contributed by atoms with Gasteiger partial charge in [0.25, 0.3) is 11.8 Å². The van der Waals surface area contributed by atoms with Gasteiger partial charge >= 0.3 is 0 Å². The lowest BCUT2D eigenvalue weighted by Crippen LogP contribution is -2.32. The minimum atomic E-state index is -0.570. The second-order valence-electron chi connectivity index (χ2n) is 4.91. The number of hydrogen-bond acceptors (Lipinski definition) is 4. The third kappa shape index (κ3) is 4.95. The van der Waals surface area contributed by atoms with Crippen LogP contribution in [0.2, 0.25) is 0 Å². The maximum atomic E-state index is 12.5. The highest BCUT2D eigenvalue weighted by Gasteiger charge is 2.17. The molecule has 6 heteroatoms. The summed E-state index contributed by atoms with van der Waals surface area (Å²) in [6.07, 6.45) is 1.81. The summed E-state index contributed by atoms with van der Waals surface area (Å²) >= 11 is 0. The van der Waals surface area contributed by atoms with Crippen LogP contribution in [0.15, 0.2) is 18.2 Å². The van der Waals surface area contributed by atoms with E-state index in [0.717, 1.165) is 25.9 Å². The first-order valence-electron chi connectivity index (χ1n) is 7.41. The molecule has 0 saturated carbocycles. The van der Waals surface area contributed by atoms with E-state index in [1.54, 1.807) is 18.2 Å². The van der Waals surface area contributed by atoms with Crippen LogP contribution >= 0.6 is 0 Å². The lowest BCUT2D eigenvalue weighted by Gasteiger charge is -2.22. The van der Waals surface area contributed by atoms with E-state index in [1.807, 2.05) is 18.7 Å². The molecule has 2 N–H and O–H groups in total. The fraction of sp³-hybridized carbons (Fsp3) is 0.500. The van der Waals surface area contributed by atoms with Gasteiger partial charge in [0.05, 0.1) is 7.11 Å². The number of nitrogens with zero attached hydrogens (tertiary/aromatic N) is 1. The van der Waals surface area contributed by atoms with Crippen LogP contribution in [-0.2, 0) is 4.79 Å². The highest BCUT2D eigenvalue weighted by Crippen LogP contribution is 2.28. The van der Waals surface area contributed by atoms with Crippen molar-refractivity contribution in [1.29, 1.82) is 0 Å². The van der Waals surface area contributed by atoms with E-state index >= 15 is 0 Å². The number of carbonyl (C=O) groups is 2. The van der Waals surface area contributed by atoms with Crippen LogP contribution in [0.25, 0.3) is 0 Å². The van der Waals surface area contributed by atoms with Gasteiger partial charge in [-0.05, 0) is 31.0 Å². The molecular formula is C16H24N2O4. The van der Waals surface area contributed by atoms with Crippen molar-refractivity contribution in [3.63, 3.8) is 0 Å². The first kappa shape index (κ1) is 17.8. The Morgan fingerprint density at radius 3 is 2.27 bits per heavy atom. The van der Waals surface area contributed by atoms with Gasteiger partial charge in [-0.15, -0.1) is 0 Å². The molecule has 0 bridgehead atoms. The Morgan fingerprint density at radius 1 is 1.14 bits per heavy atom. The monoisotopic (exact) mass is 308 g/mol. The number of rotatable bonds is 9. The van der Waals surface area contributed by atoms with Crippen LogP contribution in [-0.4, -0.2) is 43.5 Å². The van der Waals surface area contributed by atoms with Crippen molar-refractivity contribution in [2.45, 2.75) is 26.7 Å². The zero-order chi connectivity index (χ0) is 16.5. The van der Waals surface area contributed by atoms with Crippen molar-refractivity contribution in [3.8, 4) is 11.5 Å². The van der Waals surface area contributed by atoms with E-state index in [9.17, 15) is 9.59 Å². The number of amides is 2. The van der Waals surface area contributed by atoms with Crippen LogP contribution in [0, 0.1) is 0 Å². The quantitative estimate of drug-likeness (QED) is 0.754. The number of hydrogen-bond donors (Lipinski definition) is 1. The Balaban J connectivity index is 2.95. The second kappa shape index (κ2) is 8.92. The molecule has 0 saturated heterocycles. The van der Waals surface area contributed by atoms with E-state index < -0.39 is 5.91 Å². The Hall–Kier alpha value is -2.24. The molecule has 0 aliphatic carbocycles. The van der Waals surface area contributed by atoms with Crippen molar-refractivity contribution in [3.05, 3.63) is 23.8 Å². The summed E-state index contributed by atoms with van der Waals surface area (Å²) in [6.45, 7) is 5.28. The molecule has 0 heterocycles. The van der Waals surface area contributed by atoms with E-state index in [4.69, 9.17) is 15.2 Å². The zero-order valence-electron chi connectivity index (χ0n) is 13.4. The van der Waals surface area contributed by atoms with Gasteiger partial charge in [0, 0.05) is 18.7 Å². The molecular weight excluding hydrogens is 284 g/mol. The van der Waals surface area contributed by atoms with E-state index in [0.29, 0.717) is 17.1 Å². The molecule has 1 aromatic rings. The molecule has 6 nitrogen and oxygen atoms in total. The number of carbonyl (C=O) groups excluding carboxylic acids is 2. The Bertz CT molecular complexity index is 511. The molecule has 0 atom stereocenters. The van der Waals surface area contributed by atoms with Gasteiger partial charge in [-0.1, -0.05) is 13.8 Å². The summed E-state index contributed by atoms with van der Waals surface area (Å²) in [5.41, 5.74) is 5.58. The van der Waals surface area contributed by atoms with Gasteiger partial charge in [-0.3, -0.25) is 9.59 Å². The molecule has 0 radical (unpaired) electrons. The third-order valence-electron chi connectivity index (χ3n) is 3.05. The van der Waals surface area contributed by atoms with Gasteiger partial charge < -0.3 is 20.1 Å². The molecule has 1 rings (SSSR count). The second-order valence-corrected chi connectivity index (χ2v) is 4.91. The molecule has 1 aromatic carbocycles. The summed E-state index contributed by atoms with van der Waals surface area (Å²) in [5, 5.41) is 0. The van der Waals surface area contributed by atoms with Gasteiger partial charge in [-0.25, -0.2) is 0 Å². The minimum absolute atomic E-state index is 0.0385. The van der Waals surface area contributed by atoms with Gasteiger partial charge in [0.2, 0.25) is 0 Å². The summed E-state index contributed by atoms with van der Waals surface area (Å²) in [7, 11) is 1.48. The van der Waals surface area contributed by atoms with Gasteiger partial charge in [0.15, 0.2) is 18.1 Å². The van der Waals surface area contributed by atoms with Crippen LogP contribution in [0.5, 0.6) is 11.5 Å². The Morgan fingerprint density at radius 2 is 1.77 bits per heavy atom. The van der Waals surface area contributed by atoms with Gasteiger partial charge in [0.1, 0.15) is 0 Å². The predicted molar refractivity (Wildman–Crippen MR) is 84.2 cm³/mol. The summed E-state index contributed by atoms with van der Waals surface area (Å²) in [4.78, 5) is 25.1. The zero-order valence-corrected chi connectivity index (χ0v) is 13.4. The molecule has 22 heavy (non-hydrogen) atoms. The van der Waals surface area contributed by atoms with Crippen LogP contribution in [0.3, 0.4) is 0 Å². The van der Waals surface area contributed by atoms with Crippen molar-refractivity contribution < 1.29 is 19.1 Å². The first-order chi connectivity index (χ1) is 10.5. The van der Waals surface area contributed by atoms with E-state index in [1.165, 1.54) is 7.11 Å². The van der Waals surface area contributed by atoms with E-state index in [2.05, 4.69) is 0 Å². The average Bonchev–Trinajstić information content (AvgIpc) is 2.51. The summed E-state index contributed by atoms with van der Waals surface area (Å²) < 4.78 is 10.5. The van der Waals surface area contributed by atoms with Crippen LogP contribution < -0.4 is 15.2 Å². The Labute approximate surface area is 131 Å². The Kier molecular flexibility index (Phi) is 7.22. The normalized spacial score (nSPS) is 10.1. The fourth-order valence-electron chi connectivity index (χ4n) is 2.11. The number of nitrogens with two attached hydrogens (primary N) is 1. The van der Waals surface area contributed by atoms with Crippen molar-refractivity contribution in [2.75, 3.05) is 26.8 Å². The highest BCUT2D eigenvalue weighted by molar-refractivity contribution is 5.95.